The van der Waals surface area contributed by atoms with Crippen LogP contribution in [0.3, 0.4) is 0 Å². The molecule has 1 N–H and O–H groups in total. The molecule has 1 heterocycles. The van der Waals surface area contributed by atoms with Crippen LogP contribution >= 0.6 is 0 Å². The molecule has 0 aromatic heterocycles. The monoisotopic (exact) mass is 238 g/mol. The van der Waals surface area contributed by atoms with Crippen LogP contribution in [-0.4, -0.2) is 37.0 Å². The van der Waals surface area contributed by atoms with Crippen LogP contribution < -0.4 is 5.32 Å². The van der Waals surface area contributed by atoms with Crippen LogP contribution in [0.1, 0.15) is 51.9 Å². The van der Waals surface area contributed by atoms with Gasteiger partial charge in [0.25, 0.3) is 0 Å². The second-order valence-electron chi connectivity index (χ2n) is 6.02. The van der Waals surface area contributed by atoms with Crippen molar-refractivity contribution in [2.75, 3.05) is 20.1 Å². The summed E-state index contributed by atoms with van der Waals surface area (Å²) in [6, 6.07) is 0.503. The Morgan fingerprint density at radius 2 is 1.76 bits per heavy atom. The number of nitrogens with one attached hydrogen (secondary N) is 1. The third-order valence-electron chi connectivity index (χ3n) is 4.67. The molecule has 0 radical (unpaired) electrons. The molecule has 1 saturated carbocycles. The molecule has 0 atom stereocenters. The van der Waals surface area contributed by atoms with Crippen molar-refractivity contribution in [1.82, 2.24) is 10.2 Å². The summed E-state index contributed by atoms with van der Waals surface area (Å²) in [6.45, 7) is 4.12. The van der Waals surface area contributed by atoms with Gasteiger partial charge in [-0.1, -0.05) is 26.2 Å². The predicted molar refractivity (Wildman–Crippen MR) is 69.9 cm³/mol. The minimum Gasteiger partial charge on any atom is -0.342 e. The second kappa shape index (κ2) is 5.38. The summed E-state index contributed by atoms with van der Waals surface area (Å²) in [7, 11) is 2.02. The Morgan fingerprint density at radius 1 is 1.18 bits per heavy atom. The normalized spacial score (nSPS) is 25.5. The van der Waals surface area contributed by atoms with Gasteiger partial charge < -0.3 is 10.2 Å². The Hall–Kier alpha value is -0.570. The fraction of sp³-hybridized carbons (Fsp3) is 0.929. The highest BCUT2D eigenvalue weighted by Crippen LogP contribution is 2.32. The van der Waals surface area contributed by atoms with E-state index in [1.807, 2.05) is 7.05 Å². The third kappa shape index (κ3) is 2.82. The zero-order chi connectivity index (χ0) is 12.3. The van der Waals surface area contributed by atoms with E-state index < -0.39 is 0 Å². The molecule has 1 aliphatic carbocycles. The Morgan fingerprint density at radius 3 is 2.35 bits per heavy atom. The number of amides is 1. The van der Waals surface area contributed by atoms with Gasteiger partial charge in [0.1, 0.15) is 0 Å². The van der Waals surface area contributed by atoms with Gasteiger partial charge in [-0.05, 0) is 38.8 Å². The largest absolute Gasteiger partial charge is 0.342 e. The van der Waals surface area contributed by atoms with Crippen molar-refractivity contribution in [2.45, 2.75) is 57.9 Å². The first-order valence-corrected chi connectivity index (χ1v) is 7.11. The van der Waals surface area contributed by atoms with Crippen LogP contribution in [-0.2, 0) is 4.79 Å². The SMILES string of the molecule is CN(C(=O)C1(C)CCNCC1)C1CCCCC1. The summed E-state index contributed by atoms with van der Waals surface area (Å²) in [5.41, 5.74) is -0.114. The number of carbonyl (C=O) groups is 1. The van der Waals surface area contributed by atoms with E-state index in [1.165, 1.54) is 32.1 Å². The van der Waals surface area contributed by atoms with Crippen molar-refractivity contribution in [2.24, 2.45) is 5.41 Å². The van der Waals surface area contributed by atoms with E-state index in [0.29, 0.717) is 11.9 Å². The van der Waals surface area contributed by atoms with Crippen molar-refractivity contribution in [1.29, 1.82) is 0 Å². The summed E-state index contributed by atoms with van der Waals surface area (Å²) < 4.78 is 0. The molecule has 2 fully saturated rings. The standard InChI is InChI=1S/C14H26N2O/c1-14(8-10-15-11-9-14)13(17)16(2)12-6-4-3-5-7-12/h12,15H,3-11H2,1-2H3. The molecule has 3 nitrogen and oxygen atoms in total. The molecule has 0 aromatic rings. The molecule has 1 aliphatic heterocycles. The first-order chi connectivity index (χ1) is 8.13. The lowest BCUT2D eigenvalue weighted by Crippen LogP contribution is -2.49. The van der Waals surface area contributed by atoms with Crippen LogP contribution in [0.25, 0.3) is 0 Å². The number of carbonyl (C=O) groups excluding carboxylic acids is 1. The van der Waals surface area contributed by atoms with Crippen molar-refractivity contribution >= 4 is 5.91 Å². The highest BCUT2D eigenvalue weighted by molar-refractivity contribution is 5.82. The van der Waals surface area contributed by atoms with E-state index in [1.54, 1.807) is 0 Å². The second-order valence-corrected chi connectivity index (χ2v) is 6.02. The maximum atomic E-state index is 12.6. The summed E-state index contributed by atoms with van der Waals surface area (Å²) in [6.07, 6.45) is 8.32. The van der Waals surface area contributed by atoms with Crippen LogP contribution in [0.15, 0.2) is 0 Å². The predicted octanol–water partition coefficient (Wildman–Crippen LogP) is 2.17. The smallest absolute Gasteiger partial charge is 0.228 e. The van der Waals surface area contributed by atoms with Crippen LogP contribution in [0.4, 0.5) is 0 Å². The first-order valence-electron chi connectivity index (χ1n) is 7.11. The molecule has 1 amide bonds. The molecule has 0 unspecified atom stereocenters. The molecule has 0 bridgehead atoms. The van der Waals surface area contributed by atoms with Gasteiger partial charge in [0, 0.05) is 18.5 Å². The molecule has 98 valence electrons. The Bertz CT molecular complexity index is 265. The third-order valence-corrected chi connectivity index (χ3v) is 4.67. The highest BCUT2D eigenvalue weighted by Gasteiger charge is 2.38. The molecule has 3 heteroatoms. The maximum absolute atomic E-state index is 12.6. The number of hydrogen-bond donors (Lipinski definition) is 1. The Kier molecular flexibility index (Phi) is 4.08. The lowest BCUT2D eigenvalue weighted by atomic mass is 9.79. The summed E-state index contributed by atoms with van der Waals surface area (Å²) in [4.78, 5) is 14.7. The average Bonchev–Trinajstić information content (AvgIpc) is 2.39. The molecule has 0 spiro atoms. The fourth-order valence-corrected chi connectivity index (χ4v) is 3.25. The number of nitrogens with zero attached hydrogens (tertiary/aromatic N) is 1. The minimum absolute atomic E-state index is 0.114. The van der Waals surface area contributed by atoms with E-state index in [-0.39, 0.29) is 5.41 Å². The Labute approximate surface area is 105 Å². The van der Waals surface area contributed by atoms with Gasteiger partial charge in [0.05, 0.1) is 0 Å². The van der Waals surface area contributed by atoms with Crippen LogP contribution in [0, 0.1) is 5.41 Å². The molecule has 2 rings (SSSR count). The van der Waals surface area contributed by atoms with Gasteiger partial charge >= 0.3 is 0 Å². The van der Waals surface area contributed by atoms with E-state index in [2.05, 4.69) is 17.1 Å². The maximum Gasteiger partial charge on any atom is 0.228 e. The summed E-state index contributed by atoms with van der Waals surface area (Å²) in [5, 5.41) is 3.34. The molecule has 1 saturated heterocycles. The van der Waals surface area contributed by atoms with Crippen molar-refractivity contribution in [3.63, 3.8) is 0 Å². The molecule has 2 aliphatic rings. The van der Waals surface area contributed by atoms with Crippen LogP contribution in [0.2, 0.25) is 0 Å². The topological polar surface area (TPSA) is 32.3 Å². The zero-order valence-corrected chi connectivity index (χ0v) is 11.3. The summed E-state index contributed by atoms with van der Waals surface area (Å²) in [5.74, 6) is 0.380. The number of rotatable bonds is 2. The highest BCUT2D eigenvalue weighted by atomic mass is 16.2. The molecule has 0 aromatic carbocycles. The van der Waals surface area contributed by atoms with E-state index in [4.69, 9.17) is 0 Å². The average molecular weight is 238 g/mol. The van der Waals surface area contributed by atoms with Gasteiger partial charge in [0.2, 0.25) is 5.91 Å². The lowest BCUT2D eigenvalue weighted by Gasteiger charge is -2.40. The Balaban J connectivity index is 1.97. The van der Waals surface area contributed by atoms with E-state index in [0.717, 1.165) is 25.9 Å². The van der Waals surface area contributed by atoms with Gasteiger partial charge in [-0.3, -0.25) is 4.79 Å². The fourth-order valence-electron chi connectivity index (χ4n) is 3.25. The molecular formula is C14H26N2O. The van der Waals surface area contributed by atoms with Gasteiger partial charge in [-0.2, -0.15) is 0 Å². The number of hydrogen-bond acceptors (Lipinski definition) is 2. The van der Waals surface area contributed by atoms with Gasteiger partial charge in [-0.15, -0.1) is 0 Å². The van der Waals surface area contributed by atoms with Crippen molar-refractivity contribution in [3.8, 4) is 0 Å². The molecule has 17 heavy (non-hydrogen) atoms. The van der Waals surface area contributed by atoms with E-state index >= 15 is 0 Å². The van der Waals surface area contributed by atoms with Crippen LogP contribution in [0.5, 0.6) is 0 Å². The van der Waals surface area contributed by atoms with Crippen molar-refractivity contribution in [3.05, 3.63) is 0 Å². The van der Waals surface area contributed by atoms with Gasteiger partial charge in [-0.25, -0.2) is 0 Å². The van der Waals surface area contributed by atoms with Gasteiger partial charge in [0.15, 0.2) is 0 Å². The summed E-state index contributed by atoms with van der Waals surface area (Å²) >= 11 is 0. The first kappa shape index (κ1) is 12.9. The number of piperidine rings is 1. The zero-order valence-electron chi connectivity index (χ0n) is 11.3. The van der Waals surface area contributed by atoms with Crippen molar-refractivity contribution < 1.29 is 4.79 Å². The minimum atomic E-state index is -0.114. The lowest BCUT2D eigenvalue weighted by molar-refractivity contribution is -0.144. The quantitative estimate of drug-likeness (QED) is 0.799. The van der Waals surface area contributed by atoms with E-state index in [9.17, 15) is 4.79 Å². The molecular weight excluding hydrogens is 212 g/mol.